The van der Waals surface area contributed by atoms with Gasteiger partial charge in [0.2, 0.25) is 0 Å². The molecule has 0 aromatic rings. The first kappa shape index (κ1) is 19.7. The standard InChI is InChI=1S/C6H12O2.C4H6O2.C3H4O2/c7-6(8)4-2-1-3-5-6;1-3(2)4(5)6;1-2-3(4)5/h7-8H,1-5H2;1H2,2H3,(H,5,6);2H,1H2,(H,4,5). The SMILES string of the molecule is C=C(C)C(=O)O.C=CC(=O)O.OC1(O)CCCCC1. The first-order valence-corrected chi connectivity index (χ1v) is 5.81. The molecule has 0 aliphatic heterocycles. The van der Waals surface area contributed by atoms with Gasteiger partial charge in [0.15, 0.2) is 5.79 Å². The molecule has 1 aliphatic carbocycles. The Hall–Kier alpha value is -1.66. The van der Waals surface area contributed by atoms with E-state index < -0.39 is 17.7 Å². The molecule has 1 rings (SSSR count). The minimum Gasteiger partial charge on any atom is -0.478 e. The summed E-state index contributed by atoms with van der Waals surface area (Å²) in [7, 11) is 0. The van der Waals surface area contributed by atoms with Crippen LogP contribution in [-0.4, -0.2) is 38.2 Å². The summed E-state index contributed by atoms with van der Waals surface area (Å²) in [6.07, 6.45) is 5.04. The predicted octanol–water partition coefficient (Wildman–Crippen LogP) is 1.54. The average Bonchev–Trinajstić information content (AvgIpc) is 2.30. The number of carbonyl (C=O) groups is 2. The van der Waals surface area contributed by atoms with E-state index >= 15 is 0 Å². The molecular formula is C13H22O6. The fourth-order valence-electron chi connectivity index (χ4n) is 1.12. The molecule has 0 radical (unpaired) electrons. The van der Waals surface area contributed by atoms with Gasteiger partial charge in [0.05, 0.1) is 0 Å². The minimum atomic E-state index is -1.32. The summed E-state index contributed by atoms with van der Waals surface area (Å²) in [5.74, 6) is -3.24. The summed E-state index contributed by atoms with van der Waals surface area (Å²) in [4.78, 5) is 18.8. The fraction of sp³-hybridized carbons (Fsp3) is 0.538. The van der Waals surface area contributed by atoms with Crippen molar-refractivity contribution in [2.45, 2.75) is 44.8 Å². The van der Waals surface area contributed by atoms with Crippen LogP contribution in [0.4, 0.5) is 0 Å². The Morgan fingerprint density at radius 1 is 1.11 bits per heavy atom. The van der Waals surface area contributed by atoms with E-state index in [4.69, 9.17) is 20.4 Å². The van der Waals surface area contributed by atoms with Crippen LogP contribution in [-0.2, 0) is 9.59 Å². The summed E-state index contributed by atoms with van der Waals surface area (Å²) in [5.41, 5.74) is 0.176. The van der Waals surface area contributed by atoms with E-state index in [-0.39, 0.29) is 5.57 Å². The van der Waals surface area contributed by atoms with Gasteiger partial charge < -0.3 is 20.4 Å². The van der Waals surface area contributed by atoms with Crippen LogP contribution >= 0.6 is 0 Å². The average molecular weight is 274 g/mol. The van der Waals surface area contributed by atoms with E-state index in [1.54, 1.807) is 0 Å². The van der Waals surface area contributed by atoms with Crippen molar-refractivity contribution in [3.05, 3.63) is 24.8 Å². The van der Waals surface area contributed by atoms with E-state index in [0.29, 0.717) is 12.8 Å². The third kappa shape index (κ3) is 16.3. The molecule has 0 spiro atoms. The van der Waals surface area contributed by atoms with Crippen molar-refractivity contribution in [3.63, 3.8) is 0 Å². The molecule has 19 heavy (non-hydrogen) atoms. The van der Waals surface area contributed by atoms with Gasteiger partial charge in [-0.25, -0.2) is 9.59 Å². The van der Waals surface area contributed by atoms with Gasteiger partial charge in [-0.15, -0.1) is 0 Å². The molecule has 0 atom stereocenters. The molecule has 1 aliphatic rings. The Bertz CT molecular complexity index is 299. The first-order valence-electron chi connectivity index (χ1n) is 5.81. The van der Waals surface area contributed by atoms with Gasteiger partial charge in [-0.1, -0.05) is 19.6 Å². The highest BCUT2D eigenvalue weighted by Crippen LogP contribution is 2.24. The molecule has 0 saturated heterocycles. The van der Waals surface area contributed by atoms with Crippen LogP contribution in [0.15, 0.2) is 24.8 Å². The maximum atomic E-state index is 9.60. The number of hydrogen-bond donors (Lipinski definition) is 4. The zero-order valence-corrected chi connectivity index (χ0v) is 11.1. The maximum absolute atomic E-state index is 9.60. The quantitative estimate of drug-likeness (QED) is 0.448. The van der Waals surface area contributed by atoms with Gasteiger partial charge in [0.25, 0.3) is 0 Å². The summed E-state index contributed by atoms with van der Waals surface area (Å²) < 4.78 is 0. The number of hydrogen-bond acceptors (Lipinski definition) is 4. The van der Waals surface area contributed by atoms with Crippen molar-refractivity contribution in [2.24, 2.45) is 0 Å². The van der Waals surface area contributed by atoms with E-state index in [1.807, 2.05) is 0 Å². The summed E-state index contributed by atoms with van der Waals surface area (Å²) in [6, 6.07) is 0. The number of aliphatic carboxylic acids is 2. The van der Waals surface area contributed by atoms with E-state index in [9.17, 15) is 9.59 Å². The second kappa shape index (κ2) is 10.3. The zero-order chi connectivity index (χ0) is 15.5. The van der Waals surface area contributed by atoms with Crippen LogP contribution in [0.25, 0.3) is 0 Å². The molecule has 4 N–H and O–H groups in total. The smallest absolute Gasteiger partial charge is 0.330 e. The molecule has 0 unspecified atom stereocenters. The molecule has 6 heteroatoms. The molecule has 110 valence electrons. The van der Waals surface area contributed by atoms with Crippen LogP contribution in [0.3, 0.4) is 0 Å². The van der Waals surface area contributed by atoms with Crippen molar-refractivity contribution in [3.8, 4) is 0 Å². The minimum absolute atomic E-state index is 0.176. The molecule has 1 saturated carbocycles. The lowest BCUT2D eigenvalue weighted by atomic mass is 9.95. The van der Waals surface area contributed by atoms with Gasteiger partial charge >= 0.3 is 11.9 Å². The number of aliphatic hydroxyl groups is 2. The van der Waals surface area contributed by atoms with E-state index in [1.165, 1.54) is 6.92 Å². The molecule has 0 heterocycles. The van der Waals surface area contributed by atoms with Crippen molar-refractivity contribution in [2.75, 3.05) is 0 Å². The Balaban J connectivity index is 0. The van der Waals surface area contributed by atoms with Crippen LogP contribution < -0.4 is 0 Å². The summed E-state index contributed by atoms with van der Waals surface area (Å²) in [5, 5.41) is 33.4. The fourth-order valence-corrected chi connectivity index (χ4v) is 1.12. The third-order valence-electron chi connectivity index (χ3n) is 2.19. The van der Waals surface area contributed by atoms with Gasteiger partial charge in [0, 0.05) is 24.5 Å². The lowest BCUT2D eigenvalue weighted by molar-refractivity contribution is -0.180. The Kier molecular flexibility index (Phi) is 10.6. The van der Waals surface area contributed by atoms with Crippen LogP contribution in [0.1, 0.15) is 39.0 Å². The molecule has 0 bridgehead atoms. The zero-order valence-electron chi connectivity index (χ0n) is 11.1. The Labute approximate surface area is 112 Å². The monoisotopic (exact) mass is 274 g/mol. The van der Waals surface area contributed by atoms with Crippen molar-refractivity contribution < 1.29 is 30.0 Å². The molecular weight excluding hydrogens is 252 g/mol. The molecule has 0 amide bonds. The Morgan fingerprint density at radius 2 is 1.42 bits per heavy atom. The highest BCUT2D eigenvalue weighted by molar-refractivity contribution is 5.84. The third-order valence-corrected chi connectivity index (χ3v) is 2.19. The second-order valence-corrected chi connectivity index (χ2v) is 4.17. The molecule has 1 fully saturated rings. The summed E-state index contributed by atoms with van der Waals surface area (Å²) in [6.45, 7) is 7.56. The number of rotatable bonds is 2. The van der Waals surface area contributed by atoms with Crippen LogP contribution in [0.2, 0.25) is 0 Å². The molecule has 0 aromatic heterocycles. The highest BCUT2D eigenvalue weighted by Gasteiger charge is 2.24. The Morgan fingerprint density at radius 3 is 1.53 bits per heavy atom. The predicted molar refractivity (Wildman–Crippen MR) is 70.5 cm³/mol. The molecule has 0 aromatic carbocycles. The van der Waals surface area contributed by atoms with Crippen LogP contribution in [0.5, 0.6) is 0 Å². The maximum Gasteiger partial charge on any atom is 0.330 e. The first-order chi connectivity index (χ1) is 8.62. The van der Waals surface area contributed by atoms with Crippen molar-refractivity contribution >= 4 is 11.9 Å². The molecule has 6 nitrogen and oxygen atoms in total. The second-order valence-electron chi connectivity index (χ2n) is 4.17. The van der Waals surface area contributed by atoms with E-state index in [0.717, 1.165) is 25.3 Å². The summed E-state index contributed by atoms with van der Waals surface area (Å²) >= 11 is 0. The van der Waals surface area contributed by atoms with E-state index in [2.05, 4.69) is 13.2 Å². The largest absolute Gasteiger partial charge is 0.478 e. The normalized spacial score (nSPS) is 15.7. The lowest BCUT2D eigenvalue weighted by Gasteiger charge is -2.25. The van der Waals surface area contributed by atoms with Gasteiger partial charge in [-0.3, -0.25) is 0 Å². The highest BCUT2D eigenvalue weighted by atomic mass is 16.5. The van der Waals surface area contributed by atoms with Gasteiger partial charge in [-0.2, -0.15) is 0 Å². The number of carboxylic acids is 2. The topological polar surface area (TPSA) is 115 Å². The van der Waals surface area contributed by atoms with Crippen molar-refractivity contribution in [1.29, 1.82) is 0 Å². The lowest BCUT2D eigenvalue weighted by Crippen LogP contribution is -2.30. The van der Waals surface area contributed by atoms with Gasteiger partial charge in [0.1, 0.15) is 0 Å². The van der Waals surface area contributed by atoms with Crippen LogP contribution in [0, 0.1) is 0 Å². The number of carboxylic acid groups (broad SMARTS) is 2. The van der Waals surface area contributed by atoms with Crippen molar-refractivity contribution in [1.82, 2.24) is 0 Å². The van der Waals surface area contributed by atoms with Gasteiger partial charge in [-0.05, 0) is 19.8 Å².